The molecule has 1 aliphatic rings. The summed E-state index contributed by atoms with van der Waals surface area (Å²) in [6, 6.07) is 16.4. The number of nitrogens with one attached hydrogen (secondary N) is 2. The lowest BCUT2D eigenvalue weighted by atomic mass is 10.2. The van der Waals surface area contributed by atoms with Gasteiger partial charge in [-0.25, -0.2) is 8.42 Å². The summed E-state index contributed by atoms with van der Waals surface area (Å²) < 4.78 is 26.6. The Morgan fingerprint density at radius 2 is 1.67 bits per heavy atom. The van der Waals surface area contributed by atoms with Crippen LogP contribution in [-0.2, 0) is 21.4 Å². The Balaban J connectivity index is 1.55. The van der Waals surface area contributed by atoms with Gasteiger partial charge in [0.2, 0.25) is 10.0 Å². The van der Waals surface area contributed by atoms with Crippen molar-refractivity contribution in [2.75, 3.05) is 32.0 Å². The molecule has 1 atom stereocenters. The van der Waals surface area contributed by atoms with Crippen LogP contribution in [0.2, 0.25) is 0 Å². The molecule has 0 saturated carbocycles. The normalized spacial score (nSPS) is 16.2. The zero-order valence-corrected chi connectivity index (χ0v) is 16.3. The second-order valence-electron chi connectivity index (χ2n) is 6.98. The van der Waals surface area contributed by atoms with Gasteiger partial charge in [-0.2, -0.15) is 4.31 Å². The molecule has 0 bridgehead atoms. The predicted octanol–water partition coefficient (Wildman–Crippen LogP) is 1.12. The first-order valence-electron chi connectivity index (χ1n) is 9.20. The molecule has 2 aromatic rings. The van der Waals surface area contributed by atoms with Crippen LogP contribution in [0.25, 0.3) is 0 Å². The Kier molecular flexibility index (Phi) is 6.26. The van der Waals surface area contributed by atoms with Gasteiger partial charge in [-0.15, -0.1) is 0 Å². The fourth-order valence-corrected chi connectivity index (χ4v) is 4.79. The first-order chi connectivity index (χ1) is 12.9. The van der Waals surface area contributed by atoms with Crippen LogP contribution >= 0.6 is 0 Å². The highest BCUT2D eigenvalue weighted by Crippen LogP contribution is 2.22. The third-order valence-electron chi connectivity index (χ3n) is 4.65. The van der Waals surface area contributed by atoms with Crippen LogP contribution in [0.1, 0.15) is 18.4 Å². The molecule has 7 heteroatoms. The second kappa shape index (κ2) is 8.65. The van der Waals surface area contributed by atoms with Crippen LogP contribution in [-0.4, -0.2) is 45.3 Å². The zero-order chi connectivity index (χ0) is 19.3. The first-order valence-corrected chi connectivity index (χ1v) is 10.6. The number of likely N-dealkylation sites (N-methyl/N-ethyl adjacent to an activating group) is 1. The number of benzene rings is 2. The fourth-order valence-electron chi connectivity index (χ4n) is 3.27. The van der Waals surface area contributed by atoms with Gasteiger partial charge in [0.15, 0.2) is 6.54 Å². The van der Waals surface area contributed by atoms with Crippen LogP contribution in [0, 0.1) is 0 Å². The quantitative estimate of drug-likeness (QED) is 0.747. The molecule has 1 heterocycles. The molecule has 1 unspecified atom stereocenters. The van der Waals surface area contributed by atoms with E-state index >= 15 is 0 Å². The molecule has 2 aromatic carbocycles. The molecule has 2 N–H and O–H groups in total. The summed E-state index contributed by atoms with van der Waals surface area (Å²) in [5.41, 5.74) is 1.78. The highest BCUT2D eigenvalue weighted by atomic mass is 32.2. The molecule has 27 heavy (non-hydrogen) atoms. The van der Waals surface area contributed by atoms with Gasteiger partial charge < -0.3 is 10.2 Å². The van der Waals surface area contributed by atoms with Gasteiger partial charge in [0.25, 0.3) is 5.91 Å². The van der Waals surface area contributed by atoms with Crippen molar-refractivity contribution in [1.29, 1.82) is 0 Å². The number of nitrogens with zero attached hydrogens (tertiary/aromatic N) is 1. The van der Waals surface area contributed by atoms with E-state index in [9.17, 15) is 13.2 Å². The van der Waals surface area contributed by atoms with Gasteiger partial charge in [-0.3, -0.25) is 4.79 Å². The highest BCUT2D eigenvalue weighted by Gasteiger charge is 2.26. The molecule has 3 rings (SSSR count). The van der Waals surface area contributed by atoms with Crippen molar-refractivity contribution in [3.63, 3.8) is 0 Å². The monoisotopic (exact) mass is 388 g/mol. The van der Waals surface area contributed by atoms with E-state index in [1.807, 2.05) is 37.4 Å². The molecular formula is C20H26N3O3S+. The van der Waals surface area contributed by atoms with Crippen LogP contribution in [0.5, 0.6) is 0 Å². The zero-order valence-electron chi connectivity index (χ0n) is 15.5. The lowest BCUT2D eigenvalue weighted by molar-refractivity contribution is -0.885. The molecule has 0 radical (unpaired) electrons. The smallest absolute Gasteiger partial charge is 0.279 e. The average Bonchev–Trinajstić information content (AvgIpc) is 3.18. The van der Waals surface area contributed by atoms with Gasteiger partial charge in [0.1, 0.15) is 6.54 Å². The van der Waals surface area contributed by atoms with E-state index in [0.29, 0.717) is 25.3 Å². The van der Waals surface area contributed by atoms with Crippen molar-refractivity contribution in [2.45, 2.75) is 24.3 Å². The molecule has 1 aliphatic heterocycles. The lowest BCUT2D eigenvalue weighted by Gasteiger charge is -2.16. The number of anilines is 1. The maximum Gasteiger partial charge on any atom is 0.279 e. The third kappa shape index (κ3) is 5.15. The molecule has 1 amide bonds. The maximum absolute atomic E-state index is 12.5. The van der Waals surface area contributed by atoms with Crippen molar-refractivity contribution < 1.29 is 18.1 Å². The molecular weight excluding hydrogens is 362 g/mol. The number of amides is 1. The Labute approximate surface area is 160 Å². The summed E-state index contributed by atoms with van der Waals surface area (Å²) >= 11 is 0. The van der Waals surface area contributed by atoms with E-state index in [1.165, 1.54) is 9.87 Å². The summed E-state index contributed by atoms with van der Waals surface area (Å²) in [5.74, 6) is -0.0985. The molecule has 0 spiro atoms. The number of rotatable bonds is 7. The minimum atomic E-state index is -3.42. The molecule has 0 aliphatic carbocycles. The third-order valence-corrected chi connectivity index (χ3v) is 6.56. The van der Waals surface area contributed by atoms with Gasteiger partial charge >= 0.3 is 0 Å². The summed E-state index contributed by atoms with van der Waals surface area (Å²) in [6.07, 6.45) is 1.82. The average molecular weight is 389 g/mol. The topological polar surface area (TPSA) is 70.9 Å². The van der Waals surface area contributed by atoms with Crippen molar-refractivity contribution in [1.82, 2.24) is 4.31 Å². The van der Waals surface area contributed by atoms with Gasteiger partial charge in [0.05, 0.1) is 11.9 Å². The van der Waals surface area contributed by atoms with Gasteiger partial charge in [-0.05, 0) is 37.1 Å². The number of sulfonamides is 1. The molecule has 0 aromatic heterocycles. The van der Waals surface area contributed by atoms with Crippen LogP contribution in [0.15, 0.2) is 59.5 Å². The predicted molar refractivity (Wildman–Crippen MR) is 105 cm³/mol. The summed E-state index contributed by atoms with van der Waals surface area (Å²) in [6.45, 7) is 2.26. The maximum atomic E-state index is 12.5. The van der Waals surface area contributed by atoms with Crippen molar-refractivity contribution in [3.05, 3.63) is 60.2 Å². The highest BCUT2D eigenvalue weighted by molar-refractivity contribution is 7.89. The SMILES string of the molecule is C[NH+](CC(=O)Nc1ccc(S(=O)(=O)N2CCCC2)cc1)Cc1ccccc1. The molecule has 6 nitrogen and oxygen atoms in total. The molecule has 144 valence electrons. The molecule has 1 fully saturated rings. The Hall–Kier alpha value is -2.22. The number of hydrogen-bond acceptors (Lipinski definition) is 3. The summed E-state index contributed by atoms with van der Waals surface area (Å²) in [4.78, 5) is 13.6. The number of quaternary nitrogens is 1. The first kappa shape index (κ1) is 19.5. The Morgan fingerprint density at radius 3 is 2.30 bits per heavy atom. The van der Waals surface area contributed by atoms with Crippen LogP contribution in [0.4, 0.5) is 5.69 Å². The van der Waals surface area contributed by atoms with E-state index in [2.05, 4.69) is 5.32 Å². The standard InChI is InChI=1S/C20H25N3O3S/c1-22(15-17-7-3-2-4-8-17)16-20(24)21-18-9-11-19(12-10-18)27(25,26)23-13-5-6-14-23/h2-4,7-12H,5-6,13-16H2,1H3,(H,21,24)/p+1. The van der Waals surface area contributed by atoms with E-state index in [-0.39, 0.29) is 10.8 Å². The summed E-state index contributed by atoms with van der Waals surface area (Å²) in [5, 5.41) is 2.84. The van der Waals surface area contributed by atoms with E-state index < -0.39 is 10.0 Å². The van der Waals surface area contributed by atoms with Gasteiger partial charge in [0, 0.05) is 24.3 Å². The van der Waals surface area contributed by atoms with Crippen LogP contribution in [0.3, 0.4) is 0 Å². The minimum Gasteiger partial charge on any atom is -0.326 e. The van der Waals surface area contributed by atoms with Gasteiger partial charge in [-0.1, -0.05) is 30.3 Å². The number of carbonyl (C=O) groups is 1. The minimum absolute atomic E-state index is 0.0985. The number of carbonyl (C=O) groups excluding carboxylic acids is 1. The fraction of sp³-hybridized carbons (Fsp3) is 0.350. The summed E-state index contributed by atoms with van der Waals surface area (Å²) in [7, 11) is -1.45. The Bertz CT molecular complexity index is 861. The van der Waals surface area contributed by atoms with Crippen molar-refractivity contribution >= 4 is 21.6 Å². The van der Waals surface area contributed by atoms with Crippen molar-refractivity contribution in [3.8, 4) is 0 Å². The van der Waals surface area contributed by atoms with Crippen molar-refractivity contribution in [2.24, 2.45) is 0 Å². The second-order valence-corrected chi connectivity index (χ2v) is 8.92. The molecule has 1 saturated heterocycles. The van der Waals surface area contributed by atoms with E-state index in [1.54, 1.807) is 24.3 Å². The number of hydrogen-bond donors (Lipinski definition) is 2. The Morgan fingerprint density at radius 1 is 1.04 bits per heavy atom. The van der Waals surface area contributed by atoms with E-state index in [4.69, 9.17) is 0 Å². The largest absolute Gasteiger partial charge is 0.326 e. The lowest BCUT2D eigenvalue weighted by Crippen LogP contribution is -3.08. The van der Waals surface area contributed by atoms with E-state index in [0.717, 1.165) is 24.3 Å². The van der Waals surface area contributed by atoms with Crippen LogP contribution < -0.4 is 10.2 Å².